The van der Waals surface area contributed by atoms with E-state index in [2.05, 4.69) is 15.2 Å². The maximum Gasteiger partial charge on any atom is 0.325 e. The predicted octanol–water partition coefficient (Wildman–Crippen LogP) is 1.24. The number of likely N-dealkylation sites (N-methyl/N-ethyl adjacent to an activating group) is 1. The van der Waals surface area contributed by atoms with Gasteiger partial charge in [-0.05, 0) is 26.2 Å². The van der Waals surface area contributed by atoms with Crippen LogP contribution < -0.4 is 5.32 Å². The van der Waals surface area contributed by atoms with Gasteiger partial charge < -0.3 is 20.3 Å². The highest BCUT2D eigenvalue weighted by atomic mass is 35.5. The molecule has 3 N–H and O–H groups in total. The Kier molecular flexibility index (Phi) is 7.13. The number of nitrogens with zero attached hydrogens (tertiary/aromatic N) is 3. The first kappa shape index (κ1) is 21.6. The summed E-state index contributed by atoms with van der Waals surface area (Å²) in [5.41, 5.74) is 1.56. The molecule has 0 saturated carbocycles. The van der Waals surface area contributed by atoms with E-state index in [1.165, 1.54) is 0 Å². The van der Waals surface area contributed by atoms with Gasteiger partial charge in [0.1, 0.15) is 6.04 Å². The van der Waals surface area contributed by atoms with E-state index in [1.807, 2.05) is 30.0 Å². The Hall–Kier alpha value is -2.13. The number of benzene rings is 1. The zero-order valence-corrected chi connectivity index (χ0v) is 17.6. The van der Waals surface area contributed by atoms with Crippen LogP contribution in [0.15, 0.2) is 24.4 Å². The van der Waals surface area contributed by atoms with Crippen molar-refractivity contribution in [1.82, 2.24) is 25.0 Å². The van der Waals surface area contributed by atoms with Crippen LogP contribution in [0.5, 0.6) is 0 Å². The van der Waals surface area contributed by atoms with Gasteiger partial charge in [-0.25, -0.2) is 0 Å². The number of carboxylic acids is 1. The lowest BCUT2D eigenvalue weighted by atomic mass is 10.0. The summed E-state index contributed by atoms with van der Waals surface area (Å²) < 4.78 is 0. The highest BCUT2D eigenvalue weighted by molar-refractivity contribution is 6.31. The lowest BCUT2D eigenvalue weighted by Gasteiger charge is -2.37. The van der Waals surface area contributed by atoms with E-state index in [0.717, 1.165) is 23.0 Å². The van der Waals surface area contributed by atoms with Crippen LogP contribution in [-0.4, -0.2) is 96.6 Å². The number of carbonyl (C=O) groups excluding carboxylic acids is 1. The molecule has 0 aliphatic carbocycles. The summed E-state index contributed by atoms with van der Waals surface area (Å²) in [4.78, 5) is 33.3. The Bertz CT molecular complexity index is 861. The molecule has 1 aromatic carbocycles. The molecule has 2 aromatic rings. The number of carboxylic acid groups (broad SMARTS) is 1. The lowest BCUT2D eigenvalue weighted by molar-refractivity contribution is -0.144. The van der Waals surface area contributed by atoms with Crippen molar-refractivity contribution in [3.05, 3.63) is 35.0 Å². The van der Waals surface area contributed by atoms with Crippen molar-refractivity contribution in [3.8, 4) is 0 Å². The number of nitrogens with one attached hydrogen (secondary N) is 2. The van der Waals surface area contributed by atoms with Crippen molar-refractivity contribution < 1.29 is 14.7 Å². The van der Waals surface area contributed by atoms with Gasteiger partial charge in [0.2, 0.25) is 5.91 Å². The Morgan fingerprint density at radius 1 is 1.28 bits per heavy atom. The molecule has 1 aliphatic heterocycles. The molecule has 0 unspecified atom stereocenters. The lowest BCUT2D eigenvalue weighted by Crippen LogP contribution is -2.51. The van der Waals surface area contributed by atoms with Crippen molar-refractivity contribution in [2.75, 3.05) is 59.9 Å². The van der Waals surface area contributed by atoms with Gasteiger partial charge >= 0.3 is 5.97 Å². The molecule has 29 heavy (non-hydrogen) atoms. The van der Waals surface area contributed by atoms with Gasteiger partial charge in [0, 0.05) is 67.0 Å². The third-order valence-electron chi connectivity index (χ3n) is 5.22. The molecule has 0 radical (unpaired) electrons. The summed E-state index contributed by atoms with van der Waals surface area (Å²) in [6, 6.07) is 4.69. The van der Waals surface area contributed by atoms with Crippen molar-refractivity contribution in [1.29, 1.82) is 0 Å². The quantitative estimate of drug-likeness (QED) is 0.594. The zero-order chi connectivity index (χ0) is 21.0. The summed E-state index contributed by atoms with van der Waals surface area (Å²) >= 11 is 6.04. The average molecular weight is 422 g/mol. The van der Waals surface area contributed by atoms with Gasteiger partial charge in [0.25, 0.3) is 0 Å². The summed E-state index contributed by atoms with van der Waals surface area (Å²) in [6.07, 6.45) is 1.75. The third-order valence-corrected chi connectivity index (χ3v) is 5.46. The molecule has 1 saturated heterocycles. The van der Waals surface area contributed by atoms with Crippen molar-refractivity contribution >= 4 is 34.4 Å². The molecule has 0 spiro atoms. The number of piperazine rings is 1. The Labute approximate surface area is 175 Å². The van der Waals surface area contributed by atoms with E-state index in [1.54, 1.807) is 18.3 Å². The first-order valence-electron chi connectivity index (χ1n) is 9.72. The SMILES string of the molecule is CN(C)CCNC(=O)CN1CCN([C@H](C(=O)O)c2c[nH]c3cc(Cl)ccc23)CC1. The zero-order valence-electron chi connectivity index (χ0n) is 16.8. The van der Waals surface area contributed by atoms with Crippen LogP contribution in [0.3, 0.4) is 0 Å². The summed E-state index contributed by atoms with van der Waals surface area (Å²) in [5.74, 6) is -0.876. The number of halogens is 1. The van der Waals surface area contributed by atoms with Gasteiger partial charge in [-0.1, -0.05) is 17.7 Å². The minimum absolute atomic E-state index is 0.00333. The third kappa shape index (κ3) is 5.48. The summed E-state index contributed by atoms with van der Waals surface area (Å²) in [7, 11) is 3.93. The van der Waals surface area contributed by atoms with E-state index < -0.39 is 12.0 Å². The van der Waals surface area contributed by atoms with Crippen LogP contribution in [0.1, 0.15) is 11.6 Å². The number of rotatable bonds is 8. The molecule has 8 nitrogen and oxygen atoms in total. The Morgan fingerprint density at radius 2 is 2.00 bits per heavy atom. The number of aliphatic carboxylic acids is 1. The van der Waals surface area contributed by atoms with Crippen LogP contribution in [-0.2, 0) is 9.59 Å². The molecule has 1 atom stereocenters. The largest absolute Gasteiger partial charge is 0.480 e. The second-order valence-electron chi connectivity index (χ2n) is 7.64. The van der Waals surface area contributed by atoms with Crippen LogP contribution in [0, 0.1) is 0 Å². The number of H-pyrrole nitrogens is 1. The van der Waals surface area contributed by atoms with E-state index in [9.17, 15) is 14.7 Å². The van der Waals surface area contributed by atoms with Gasteiger partial charge in [-0.15, -0.1) is 0 Å². The van der Waals surface area contributed by atoms with E-state index in [-0.39, 0.29) is 5.91 Å². The molecular formula is C20H28ClN5O3. The topological polar surface area (TPSA) is 91.9 Å². The molecule has 3 rings (SSSR count). The Balaban J connectivity index is 1.60. The molecular weight excluding hydrogens is 394 g/mol. The van der Waals surface area contributed by atoms with Crippen LogP contribution in [0.2, 0.25) is 5.02 Å². The molecule has 1 aliphatic rings. The molecule has 9 heteroatoms. The minimum atomic E-state index is -0.879. The van der Waals surface area contributed by atoms with Crippen LogP contribution in [0.25, 0.3) is 10.9 Å². The standard InChI is InChI=1S/C20H28ClN5O3/c1-24(2)6-5-22-18(27)13-25-7-9-26(10-8-25)19(20(28)29)16-12-23-17-11-14(21)3-4-15(16)17/h3-4,11-12,19,23H,5-10,13H2,1-2H3,(H,22,27)(H,28,29)/t19-/m0/s1. The molecule has 1 amide bonds. The maximum atomic E-state index is 12.1. The van der Waals surface area contributed by atoms with Crippen LogP contribution in [0.4, 0.5) is 0 Å². The van der Waals surface area contributed by atoms with Crippen LogP contribution >= 0.6 is 11.6 Å². The molecule has 158 valence electrons. The predicted molar refractivity (Wildman–Crippen MR) is 113 cm³/mol. The second-order valence-corrected chi connectivity index (χ2v) is 8.08. The second kappa shape index (κ2) is 9.58. The molecule has 0 bridgehead atoms. The first-order valence-corrected chi connectivity index (χ1v) is 10.1. The Morgan fingerprint density at radius 3 is 2.66 bits per heavy atom. The van der Waals surface area contributed by atoms with Gasteiger partial charge in [0.15, 0.2) is 0 Å². The van der Waals surface area contributed by atoms with Gasteiger partial charge in [0.05, 0.1) is 6.54 Å². The fourth-order valence-electron chi connectivity index (χ4n) is 3.69. The fraction of sp³-hybridized carbons (Fsp3) is 0.500. The van der Waals surface area contributed by atoms with Gasteiger partial charge in [-0.2, -0.15) is 0 Å². The average Bonchev–Trinajstić information content (AvgIpc) is 3.05. The van der Waals surface area contributed by atoms with E-state index in [4.69, 9.17) is 11.6 Å². The normalized spacial score (nSPS) is 17.0. The number of amides is 1. The molecule has 2 heterocycles. The van der Waals surface area contributed by atoms with E-state index >= 15 is 0 Å². The highest BCUT2D eigenvalue weighted by Crippen LogP contribution is 2.30. The number of fused-ring (bicyclic) bond motifs is 1. The number of hydrogen-bond acceptors (Lipinski definition) is 5. The van der Waals surface area contributed by atoms with Gasteiger partial charge in [-0.3, -0.25) is 19.4 Å². The van der Waals surface area contributed by atoms with Crippen molar-refractivity contribution in [3.63, 3.8) is 0 Å². The first-order chi connectivity index (χ1) is 13.8. The number of carbonyl (C=O) groups is 2. The van der Waals surface area contributed by atoms with Crippen molar-refractivity contribution in [2.45, 2.75) is 6.04 Å². The minimum Gasteiger partial charge on any atom is -0.480 e. The smallest absolute Gasteiger partial charge is 0.325 e. The number of aromatic amines is 1. The summed E-state index contributed by atoms with van der Waals surface area (Å²) in [6.45, 7) is 4.24. The highest BCUT2D eigenvalue weighted by Gasteiger charge is 2.32. The van der Waals surface area contributed by atoms with Crippen molar-refractivity contribution in [2.24, 2.45) is 0 Å². The molecule has 1 aromatic heterocycles. The monoisotopic (exact) mass is 421 g/mol. The number of aromatic nitrogens is 1. The summed E-state index contributed by atoms with van der Waals surface area (Å²) in [5, 5.41) is 14.3. The number of hydrogen-bond donors (Lipinski definition) is 3. The van der Waals surface area contributed by atoms with E-state index in [0.29, 0.717) is 44.3 Å². The fourth-order valence-corrected chi connectivity index (χ4v) is 3.86. The molecule has 1 fully saturated rings. The maximum absolute atomic E-state index is 12.1.